The van der Waals surface area contributed by atoms with E-state index in [2.05, 4.69) is 4.98 Å². The van der Waals surface area contributed by atoms with Gasteiger partial charge in [-0.25, -0.2) is 13.8 Å². The highest BCUT2D eigenvalue weighted by molar-refractivity contribution is 8.00. The van der Waals surface area contributed by atoms with E-state index < -0.39 is 11.6 Å². The molecule has 0 bridgehead atoms. The summed E-state index contributed by atoms with van der Waals surface area (Å²) in [4.78, 5) is 4.51. The van der Waals surface area contributed by atoms with Crippen LogP contribution >= 0.6 is 34.7 Å². The molecule has 0 aliphatic heterocycles. The van der Waals surface area contributed by atoms with Gasteiger partial charge in [-0.1, -0.05) is 23.4 Å². The van der Waals surface area contributed by atoms with E-state index in [1.54, 1.807) is 0 Å². The summed E-state index contributed by atoms with van der Waals surface area (Å²) in [6.07, 6.45) is 0. The summed E-state index contributed by atoms with van der Waals surface area (Å²) >= 11 is 8.92. The highest BCUT2D eigenvalue weighted by Crippen LogP contribution is 2.34. The SMILES string of the molecule is CCOc1ccc2nc(SCc3cc(F)c(F)cc3Cl)sc2c1. The van der Waals surface area contributed by atoms with Crippen LogP contribution in [0.4, 0.5) is 8.78 Å². The largest absolute Gasteiger partial charge is 0.494 e. The minimum atomic E-state index is -0.938. The van der Waals surface area contributed by atoms with Gasteiger partial charge >= 0.3 is 0 Å². The van der Waals surface area contributed by atoms with Crippen molar-refractivity contribution < 1.29 is 13.5 Å². The molecule has 23 heavy (non-hydrogen) atoms. The summed E-state index contributed by atoms with van der Waals surface area (Å²) in [6.45, 7) is 2.55. The van der Waals surface area contributed by atoms with Crippen molar-refractivity contribution in [2.75, 3.05) is 6.61 Å². The van der Waals surface area contributed by atoms with Crippen molar-refractivity contribution >= 4 is 44.9 Å². The van der Waals surface area contributed by atoms with Crippen LogP contribution in [0, 0.1) is 11.6 Å². The van der Waals surface area contributed by atoms with Crippen LogP contribution in [0.25, 0.3) is 10.2 Å². The molecule has 0 aliphatic rings. The average molecular weight is 372 g/mol. The molecule has 0 N–H and O–H groups in total. The highest BCUT2D eigenvalue weighted by Gasteiger charge is 2.11. The first-order valence-electron chi connectivity index (χ1n) is 6.86. The van der Waals surface area contributed by atoms with Crippen LogP contribution in [-0.2, 0) is 5.75 Å². The molecule has 0 atom stereocenters. The Morgan fingerprint density at radius 1 is 1.22 bits per heavy atom. The standard InChI is InChI=1S/C16H12ClF2NOS2/c1-2-21-10-3-4-14-15(6-10)23-16(20-14)22-8-9-5-12(18)13(19)7-11(9)17/h3-7H,2,8H2,1H3. The number of halogens is 3. The molecule has 1 heterocycles. The molecule has 0 fully saturated rings. The summed E-state index contributed by atoms with van der Waals surface area (Å²) in [7, 11) is 0. The van der Waals surface area contributed by atoms with Crippen LogP contribution in [0.1, 0.15) is 12.5 Å². The van der Waals surface area contributed by atoms with Crippen molar-refractivity contribution in [2.45, 2.75) is 17.0 Å². The lowest BCUT2D eigenvalue weighted by molar-refractivity contribution is 0.341. The van der Waals surface area contributed by atoms with Crippen LogP contribution < -0.4 is 4.74 Å². The summed E-state index contributed by atoms with van der Waals surface area (Å²) in [6, 6.07) is 7.87. The number of thiazole rings is 1. The Morgan fingerprint density at radius 3 is 2.78 bits per heavy atom. The monoisotopic (exact) mass is 371 g/mol. The normalized spacial score (nSPS) is 11.1. The van der Waals surface area contributed by atoms with Crippen LogP contribution in [0.5, 0.6) is 5.75 Å². The fourth-order valence-electron chi connectivity index (χ4n) is 2.02. The number of benzene rings is 2. The Hall–Kier alpha value is -1.37. The van der Waals surface area contributed by atoms with E-state index in [4.69, 9.17) is 16.3 Å². The number of thioether (sulfide) groups is 1. The number of hydrogen-bond acceptors (Lipinski definition) is 4. The number of hydrogen-bond donors (Lipinski definition) is 0. The maximum absolute atomic E-state index is 13.3. The molecule has 0 amide bonds. The van der Waals surface area contributed by atoms with Crippen molar-refractivity contribution in [1.29, 1.82) is 0 Å². The van der Waals surface area contributed by atoms with Crippen LogP contribution in [0.2, 0.25) is 5.02 Å². The minimum Gasteiger partial charge on any atom is -0.494 e. The maximum atomic E-state index is 13.3. The number of aromatic nitrogens is 1. The van der Waals surface area contributed by atoms with Gasteiger partial charge in [0.15, 0.2) is 16.0 Å². The molecule has 0 aliphatic carbocycles. The van der Waals surface area contributed by atoms with E-state index >= 15 is 0 Å². The van der Waals surface area contributed by atoms with E-state index in [1.165, 1.54) is 23.1 Å². The second-order valence-corrected chi connectivity index (χ2v) is 7.35. The summed E-state index contributed by atoms with van der Waals surface area (Å²) in [5.74, 6) is -0.597. The Kier molecular flexibility index (Phi) is 5.04. The lowest BCUT2D eigenvalue weighted by Crippen LogP contribution is -1.90. The van der Waals surface area contributed by atoms with E-state index in [0.717, 1.165) is 32.4 Å². The predicted molar refractivity (Wildman–Crippen MR) is 91.7 cm³/mol. The first-order valence-corrected chi connectivity index (χ1v) is 9.04. The van der Waals surface area contributed by atoms with Gasteiger partial charge in [-0.2, -0.15) is 0 Å². The van der Waals surface area contributed by atoms with E-state index in [1.807, 2.05) is 25.1 Å². The van der Waals surface area contributed by atoms with Gasteiger partial charge in [0, 0.05) is 10.8 Å². The zero-order chi connectivity index (χ0) is 16.4. The molecule has 120 valence electrons. The van der Waals surface area contributed by atoms with E-state index in [9.17, 15) is 8.78 Å². The molecular weight excluding hydrogens is 360 g/mol. The third-order valence-corrected chi connectivity index (χ3v) is 5.65. The number of fused-ring (bicyclic) bond motifs is 1. The third kappa shape index (κ3) is 3.76. The van der Waals surface area contributed by atoms with Gasteiger partial charge in [0.25, 0.3) is 0 Å². The molecule has 0 unspecified atom stereocenters. The summed E-state index contributed by atoms with van der Waals surface area (Å²) in [5.41, 5.74) is 1.43. The number of ether oxygens (including phenoxy) is 1. The van der Waals surface area contributed by atoms with Gasteiger partial charge in [0.2, 0.25) is 0 Å². The lowest BCUT2D eigenvalue weighted by atomic mass is 10.2. The Bertz CT molecular complexity index is 853. The molecule has 2 aromatic carbocycles. The van der Waals surface area contributed by atoms with Gasteiger partial charge in [0.05, 0.1) is 16.8 Å². The molecule has 0 saturated heterocycles. The lowest BCUT2D eigenvalue weighted by Gasteiger charge is -2.03. The molecule has 0 saturated carbocycles. The summed E-state index contributed by atoms with van der Waals surface area (Å²) in [5, 5.41) is 0.219. The molecule has 7 heteroatoms. The molecule has 3 aromatic rings. The molecule has 0 radical (unpaired) electrons. The second-order valence-electron chi connectivity index (χ2n) is 4.69. The van der Waals surface area contributed by atoms with Crippen LogP contribution in [0.15, 0.2) is 34.7 Å². The zero-order valence-electron chi connectivity index (χ0n) is 12.1. The van der Waals surface area contributed by atoms with Gasteiger partial charge in [-0.05, 0) is 42.8 Å². The molecule has 0 spiro atoms. The first-order chi connectivity index (χ1) is 11.1. The zero-order valence-corrected chi connectivity index (χ0v) is 14.5. The van der Waals surface area contributed by atoms with Gasteiger partial charge in [0.1, 0.15) is 5.75 Å². The topological polar surface area (TPSA) is 22.1 Å². The van der Waals surface area contributed by atoms with E-state index in [0.29, 0.717) is 17.9 Å². The molecule has 1 aromatic heterocycles. The fourth-order valence-corrected chi connectivity index (χ4v) is 4.40. The summed E-state index contributed by atoms with van der Waals surface area (Å²) < 4.78 is 33.7. The fraction of sp³-hybridized carbons (Fsp3) is 0.188. The Morgan fingerprint density at radius 2 is 2.00 bits per heavy atom. The van der Waals surface area contributed by atoms with Crippen molar-refractivity contribution in [1.82, 2.24) is 4.98 Å². The van der Waals surface area contributed by atoms with Gasteiger partial charge in [-0.15, -0.1) is 11.3 Å². The quantitative estimate of drug-likeness (QED) is 0.410. The molecule has 3 rings (SSSR count). The molecule has 2 nitrogen and oxygen atoms in total. The van der Waals surface area contributed by atoms with Gasteiger partial charge in [-0.3, -0.25) is 0 Å². The van der Waals surface area contributed by atoms with Crippen LogP contribution in [-0.4, -0.2) is 11.6 Å². The van der Waals surface area contributed by atoms with Crippen molar-refractivity contribution in [3.63, 3.8) is 0 Å². The first kappa shape index (κ1) is 16.5. The maximum Gasteiger partial charge on any atom is 0.160 e. The van der Waals surface area contributed by atoms with Crippen molar-refractivity contribution in [2.24, 2.45) is 0 Å². The third-order valence-electron chi connectivity index (χ3n) is 3.09. The average Bonchev–Trinajstić information content (AvgIpc) is 2.92. The number of rotatable bonds is 5. The predicted octanol–water partition coefficient (Wildman–Crippen LogP) is 5.92. The number of nitrogens with zero attached hydrogens (tertiary/aromatic N) is 1. The Labute approximate surface area is 145 Å². The van der Waals surface area contributed by atoms with Crippen LogP contribution in [0.3, 0.4) is 0 Å². The minimum absolute atomic E-state index is 0.219. The highest BCUT2D eigenvalue weighted by atomic mass is 35.5. The Balaban J connectivity index is 1.78. The van der Waals surface area contributed by atoms with E-state index in [-0.39, 0.29) is 5.02 Å². The van der Waals surface area contributed by atoms with Gasteiger partial charge < -0.3 is 4.74 Å². The second kappa shape index (κ2) is 7.03. The van der Waals surface area contributed by atoms with Crippen molar-refractivity contribution in [3.8, 4) is 5.75 Å². The smallest absolute Gasteiger partial charge is 0.160 e. The molecular formula is C16H12ClF2NOS2. The van der Waals surface area contributed by atoms with Crippen molar-refractivity contribution in [3.05, 3.63) is 52.6 Å².